The van der Waals surface area contributed by atoms with Crippen molar-refractivity contribution in [1.82, 2.24) is 4.72 Å². The van der Waals surface area contributed by atoms with Crippen LogP contribution in [0.5, 0.6) is 0 Å². The maximum atomic E-state index is 11.9. The Labute approximate surface area is 109 Å². The minimum atomic E-state index is -4.06. The summed E-state index contributed by atoms with van der Waals surface area (Å²) in [5.74, 6) is -1.34. The molecule has 0 aromatic heterocycles. The van der Waals surface area contributed by atoms with Crippen molar-refractivity contribution in [1.29, 1.82) is 0 Å². The minimum absolute atomic E-state index is 0.243. The number of non-ortho nitro benzene ring substituents is 1. The molecular weight excluding hydrogens is 276 g/mol. The van der Waals surface area contributed by atoms with Gasteiger partial charge < -0.3 is 5.11 Å². The highest BCUT2D eigenvalue weighted by molar-refractivity contribution is 7.89. The van der Waals surface area contributed by atoms with Gasteiger partial charge in [-0.1, -0.05) is 0 Å². The first-order chi connectivity index (χ1) is 8.56. The average Bonchev–Trinajstić information content (AvgIpc) is 2.27. The highest BCUT2D eigenvalue weighted by Crippen LogP contribution is 2.17. The third-order valence-corrected chi connectivity index (χ3v) is 3.95. The third-order valence-electron chi connectivity index (χ3n) is 2.28. The quantitative estimate of drug-likeness (QED) is 0.607. The molecule has 8 nitrogen and oxygen atoms in total. The number of sulfonamides is 1. The van der Waals surface area contributed by atoms with E-state index < -0.39 is 26.5 Å². The van der Waals surface area contributed by atoms with Crippen molar-refractivity contribution in [2.75, 3.05) is 0 Å². The normalized spacial score (nSPS) is 12.1. The summed E-state index contributed by atoms with van der Waals surface area (Å²) in [5, 5.41) is 19.3. The molecule has 0 aliphatic carbocycles. The first-order valence-electron chi connectivity index (χ1n) is 5.08. The first-order valence-corrected chi connectivity index (χ1v) is 6.56. The van der Waals surface area contributed by atoms with E-state index in [9.17, 15) is 23.3 Å². The van der Waals surface area contributed by atoms with Gasteiger partial charge >= 0.3 is 5.97 Å². The first kappa shape index (κ1) is 15.1. The standard InChI is InChI=1S/C10H12N2O6S/c1-10(2,9(13)14)11-19(17,18)8-5-3-7(4-6-8)12(15)16/h3-6,11H,1-2H3,(H,13,14). The molecule has 1 aromatic rings. The Hall–Kier alpha value is -2.00. The van der Waals surface area contributed by atoms with Crippen LogP contribution < -0.4 is 4.72 Å². The summed E-state index contributed by atoms with van der Waals surface area (Å²) in [6.07, 6.45) is 0. The monoisotopic (exact) mass is 288 g/mol. The number of hydrogen-bond donors (Lipinski definition) is 2. The maximum Gasteiger partial charge on any atom is 0.324 e. The van der Waals surface area contributed by atoms with Crippen LogP contribution in [-0.2, 0) is 14.8 Å². The number of carboxylic acid groups (broad SMARTS) is 1. The predicted octanol–water partition coefficient (Wildman–Crippen LogP) is 0.736. The van der Waals surface area contributed by atoms with E-state index in [4.69, 9.17) is 5.11 Å². The van der Waals surface area contributed by atoms with E-state index in [2.05, 4.69) is 0 Å². The number of hydrogen-bond acceptors (Lipinski definition) is 5. The largest absolute Gasteiger partial charge is 0.480 e. The molecule has 0 unspecified atom stereocenters. The number of benzene rings is 1. The molecule has 0 atom stereocenters. The van der Waals surface area contributed by atoms with Crippen molar-refractivity contribution in [3.63, 3.8) is 0 Å². The van der Waals surface area contributed by atoms with E-state index in [-0.39, 0.29) is 10.6 Å². The molecular formula is C10H12N2O6S. The molecule has 0 spiro atoms. The molecule has 0 amide bonds. The van der Waals surface area contributed by atoms with Crippen LogP contribution in [0.3, 0.4) is 0 Å². The number of nitrogens with one attached hydrogen (secondary N) is 1. The molecule has 0 aliphatic heterocycles. The van der Waals surface area contributed by atoms with Crippen LogP contribution in [0.25, 0.3) is 0 Å². The molecule has 1 rings (SSSR count). The Morgan fingerprint density at radius 1 is 1.32 bits per heavy atom. The lowest BCUT2D eigenvalue weighted by Crippen LogP contribution is -2.49. The van der Waals surface area contributed by atoms with Crippen molar-refractivity contribution in [3.05, 3.63) is 34.4 Å². The molecule has 19 heavy (non-hydrogen) atoms. The Balaban J connectivity index is 3.08. The predicted molar refractivity (Wildman–Crippen MR) is 65.1 cm³/mol. The van der Waals surface area contributed by atoms with Crippen LogP contribution in [-0.4, -0.2) is 30.0 Å². The number of carbonyl (C=O) groups is 1. The van der Waals surface area contributed by atoms with Crippen LogP contribution >= 0.6 is 0 Å². The van der Waals surface area contributed by atoms with Crippen LogP contribution in [0.15, 0.2) is 29.2 Å². The Morgan fingerprint density at radius 2 is 1.79 bits per heavy atom. The van der Waals surface area contributed by atoms with Crippen LogP contribution in [0, 0.1) is 10.1 Å². The molecule has 2 N–H and O–H groups in total. The van der Waals surface area contributed by atoms with E-state index in [0.29, 0.717) is 0 Å². The Morgan fingerprint density at radius 3 is 2.16 bits per heavy atom. The van der Waals surface area contributed by atoms with Crippen molar-refractivity contribution < 1.29 is 23.2 Å². The Kier molecular flexibility index (Phi) is 3.91. The number of nitro groups is 1. The number of nitro benzene ring substituents is 1. The summed E-state index contributed by atoms with van der Waals surface area (Å²) in [7, 11) is -4.06. The lowest BCUT2D eigenvalue weighted by molar-refractivity contribution is -0.384. The molecule has 0 aliphatic rings. The SMILES string of the molecule is CC(C)(NS(=O)(=O)c1ccc([N+](=O)[O-])cc1)C(=O)O. The van der Waals surface area contributed by atoms with E-state index in [1.165, 1.54) is 13.8 Å². The second-order valence-corrected chi connectivity index (χ2v) is 5.97. The molecule has 1 aromatic carbocycles. The van der Waals surface area contributed by atoms with Gasteiger partial charge in [-0.15, -0.1) is 0 Å². The van der Waals surface area contributed by atoms with E-state index in [0.717, 1.165) is 24.3 Å². The molecule has 0 heterocycles. The highest BCUT2D eigenvalue weighted by atomic mass is 32.2. The highest BCUT2D eigenvalue weighted by Gasteiger charge is 2.33. The van der Waals surface area contributed by atoms with Crippen LogP contribution in [0.1, 0.15) is 13.8 Å². The summed E-state index contributed by atoms with van der Waals surface area (Å²) in [6.45, 7) is 2.39. The fourth-order valence-electron chi connectivity index (χ4n) is 1.19. The van der Waals surface area contributed by atoms with E-state index in [1.807, 2.05) is 4.72 Å². The van der Waals surface area contributed by atoms with E-state index >= 15 is 0 Å². The summed E-state index contributed by atoms with van der Waals surface area (Å²) < 4.78 is 25.8. The average molecular weight is 288 g/mol. The zero-order chi connectivity index (χ0) is 14.8. The molecule has 0 saturated carbocycles. The molecule has 0 radical (unpaired) electrons. The smallest absolute Gasteiger partial charge is 0.324 e. The molecule has 9 heteroatoms. The van der Waals surface area contributed by atoms with Crippen LogP contribution in [0.4, 0.5) is 5.69 Å². The third kappa shape index (κ3) is 3.48. The number of aliphatic carboxylic acids is 1. The van der Waals surface area contributed by atoms with Gasteiger partial charge in [-0.05, 0) is 26.0 Å². The molecule has 0 fully saturated rings. The molecule has 0 bridgehead atoms. The maximum absolute atomic E-state index is 11.9. The van der Waals surface area contributed by atoms with Gasteiger partial charge in [-0.2, -0.15) is 4.72 Å². The van der Waals surface area contributed by atoms with Gasteiger partial charge in [0, 0.05) is 12.1 Å². The van der Waals surface area contributed by atoms with Crippen molar-refractivity contribution in [2.24, 2.45) is 0 Å². The van der Waals surface area contributed by atoms with Gasteiger partial charge in [0.1, 0.15) is 5.54 Å². The topological polar surface area (TPSA) is 127 Å². The zero-order valence-corrected chi connectivity index (χ0v) is 11.0. The fourth-order valence-corrected chi connectivity index (χ4v) is 2.56. The van der Waals surface area contributed by atoms with Crippen molar-refractivity contribution in [3.8, 4) is 0 Å². The number of nitrogens with zero attached hydrogens (tertiary/aromatic N) is 1. The van der Waals surface area contributed by atoms with Gasteiger partial charge in [0.15, 0.2) is 0 Å². The van der Waals surface area contributed by atoms with Gasteiger partial charge in [0.05, 0.1) is 9.82 Å². The lowest BCUT2D eigenvalue weighted by Gasteiger charge is -2.20. The zero-order valence-electron chi connectivity index (χ0n) is 10.2. The van der Waals surface area contributed by atoms with Gasteiger partial charge in [0.25, 0.3) is 5.69 Å². The van der Waals surface area contributed by atoms with Gasteiger partial charge in [-0.25, -0.2) is 8.42 Å². The van der Waals surface area contributed by atoms with Crippen LogP contribution in [0.2, 0.25) is 0 Å². The Bertz CT molecular complexity index is 605. The van der Waals surface area contributed by atoms with Crippen molar-refractivity contribution in [2.45, 2.75) is 24.3 Å². The second-order valence-electron chi connectivity index (χ2n) is 4.29. The number of carboxylic acids is 1. The summed E-state index contributed by atoms with van der Waals surface area (Å²) in [4.78, 5) is 20.4. The second kappa shape index (κ2) is 4.94. The lowest BCUT2D eigenvalue weighted by atomic mass is 10.1. The van der Waals surface area contributed by atoms with E-state index in [1.54, 1.807) is 0 Å². The minimum Gasteiger partial charge on any atom is -0.480 e. The number of rotatable bonds is 5. The summed E-state index contributed by atoms with van der Waals surface area (Å²) in [5.41, 5.74) is -1.93. The molecule has 104 valence electrons. The van der Waals surface area contributed by atoms with Gasteiger partial charge in [-0.3, -0.25) is 14.9 Å². The van der Waals surface area contributed by atoms with Gasteiger partial charge in [0.2, 0.25) is 10.0 Å². The fraction of sp³-hybridized carbons (Fsp3) is 0.300. The summed E-state index contributed by atoms with van der Waals surface area (Å²) >= 11 is 0. The molecule has 0 saturated heterocycles. The van der Waals surface area contributed by atoms with Crippen molar-refractivity contribution >= 4 is 21.7 Å². The summed E-state index contributed by atoms with van der Waals surface area (Å²) in [6, 6.07) is 4.14.